The number of ether oxygens (including phenoxy) is 1. The zero-order valence-electron chi connectivity index (χ0n) is 16.5. The fourth-order valence-electron chi connectivity index (χ4n) is 4.38. The molecule has 0 saturated carbocycles. The Labute approximate surface area is 170 Å². The van der Waals surface area contributed by atoms with E-state index in [0.717, 1.165) is 56.7 Å². The molecule has 3 heterocycles. The minimum Gasteiger partial charge on any atom is -0.378 e. The molecule has 5 heteroatoms. The van der Waals surface area contributed by atoms with Crippen molar-refractivity contribution in [1.82, 2.24) is 9.97 Å². The molecule has 0 amide bonds. The molecule has 1 atom stereocenters. The van der Waals surface area contributed by atoms with Crippen molar-refractivity contribution in [1.29, 1.82) is 0 Å². The Kier molecular flexibility index (Phi) is 5.03. The maximum Gasteiger partial charge on any atom is 0.141 e. The molecule has 28 heavy (non-hydrogen) atoms. The smallest absolute Gasteiger partial charge is 0.141 e. The molecule has 0 radical (unpaired) electrons. The van der Waals surface area contributed by atoms with Crippen LogP contribution in [0, 0.1) is 5.92 Å². The summed E-state index contributed by atoms with van der Waals surface area (Å²) in [5.74, 6) is 2.91. The van der Waals surface area contributed by atoms with E-state index in [-0.39, 0.29) is 0 Å². The van der Waals surface area contributed by atoms with Crippen molar-refractivity contribution in [3.05, 3.63) is 52.2 Å². The number of nitrogens with zero attached hydrogens (tertiary/aromatic N) is 3. The summed E-state index contributed by atoms with van der Waals surface area (Å²) in [6.07, 6.45) is 5.50. The zero-order chi connectivity index (χ0) is 18.9. The molecule has 0 unspecified atom stereocenters. The lowest BCUT2D eigenvalue weighted by Crippen LogP contribution is -2.37. The van der Waals surface area contributed by atoms with Crippen LogP contribution >= 0.6 is 11.3 Å². The first-order valence-electron chi connectivity index (χ1n) is 10.5. The SMILES string of the molecule is C[C@H]1CCc2c(sc3nc(CCc4ccccc4)nc(N4CCOCC4)c23)C1. The second-order valence-electron chi connectivity index (χ2n) is 8.08. The first kappa shape index (κ1) is 18.1. The van der Waals surface area contributed by atoms with Gasteiger partial charge in [0.2, 0.25) is 0 Å². The number of fused-ring (bicyclic) bond motifs is 3. The molecule has 0 N–H and O–H groups in total. The van der Waals surface area contributed by atoms with Gasteiger partial charge in [-0.05, 0) is 42.7 Å². The lowest BCUT2D eigenvalue weighted by atomic mass is 9.89. The van der Waals surface area contributed by atoms with E-state index < -0.39 is 0 Å². The highest BCUT2D eigenvalue weighted by Crippen LogP contribution is 2.41. The van der Waals surface area contributed by atoms with E-state index in [1.807, 2.05) is 11.3 Å². The summed E-state index contributed by atoms with van der Waals surface area (Å²) >= 11 is 1.91. The predicted octanol–water partition coefficient (Wildman–Crippen LogP) is 4.44. The van der Waals surface area contributed by atoms with Crippen molar-refractivity contribution >= 4 is 27.4 Å². The number of thiophene rings is 1. The van der Waals surface area contributed by atoms with Crippen LogP contribution in [0.5, 0.6) is 0 Å². The number of hydrogen-bond acceptors (Lipinski definition) is 5. The number of morpholine rings is 1. The van der Waals surface area contributed by atoms with E-state index in [1.54, 1.807) is 0 Å². The van der Waals surface area contributed by atoms with Crippen LogP contribution in [-0.4, -0.2) is 36.3 Å². The van der Waals surface area contributed by atoms with Crippen molar-refractivity contribution in [2.75, 3.05) is 31.2 Å². The van der Waals surface area contributed by atoms with Gasteiger partial charge in [-0.3, -0.25) is 0 Å². The number of benzene rings is 1. The van der Waals surface area contributed by atoms with Gasteiger partial charge in [-0.2, -0.15) is 0 Å². The monoisotopic (exact) mass is 393 g/mol. The molecule has 4 nitrogen and oxygen atoms in total. The minimum atomic E-state index is 0.776. The third kappa shape index (κ3) is 3.53. The van der Waals surface area contributed by atoms with Gasteiger partial charge in [0, 0.05) is 24.4 Å². The topological polar surface area (TPSA) is 38.2 Å². The maximum atomic E-state index is 5.59. The van der Waals surface area contributed by atoms with E-state index in [0.29, 0.717) is 0 Å². The molecule has 2 aromatic heterocycles. The number of rotatable bonds is 4. The van der Waals surface area contributed by atoms with Crippen molar-refractivity contribution in [2.24, 2.45) is 5.92 Å². The minimum absolute atomic E-state index is 0.776. The van der Waals surface area contributed by atoms with Crippen LogP contribution in [0.25, 0.3) is 10.2 Å². The highest BCUT2D eigenvalue weighted by Gasteiger charge is 2.26. The van der Waals surface area contributed by atoms with Crippen molar-refractivity contribution < 1.29 is 4.74 Å². The predicted molar refractivity (Wildman–Crippen MR) is 115 cm³/mol. The highest BCUT2D eigenvalue weighted by molar-refractivity contribution is 7.19. The summed E-state index contributed by atoms with van der Waals surface area (Å²) in [5.41, 5.74) is 2.87. The fourth-order valence-corrected chi connectivity index (χ4v) is 5.78. The van der Waals surface area contributed by atoms with Crippen molar-refractivity contribution in [3.8, 4) is 0 Å². The summed E-state index contributed by atoms with van der Waals surface area (Å²) in [6.45, 7) is 5.78. The molecule has 146 valence electrons. The molecule has 2 aliphatic rings. The van der Waals surface area contributed by atoms with E-state index in [2.05, 4.69) is 42.2 Å². The summed E-state index contributed by atoms with van der Waals surface area (Å²) in [5, 5.41) is 1.33. The van der Waals surface area contributed by atoms with Gasteiger partial charge in [-0.1, -0.05) is 37.3 Å². The van der Waals surface area contributed by atoms with Crippen LogP contribution in [0.1, 0.15) is 35.2 Å². The van der Waals surface area contributed by atoms with Gasteiger partial charge < -0.3 is 9.64 Å². The normalized spacial score (nSPS) is 19.8. The van der Waals surface area contributed by atoms with Gasteiger partial charge in [0.15, 0.2) is 0 Å². The number of anilines is 1. The molecule has 1 aromatic carbocycles. The standard InChI is InChI=1S/C23H27N3OS/c1-16-7-9-18-19(15-16)28-23-21(18)22(26-11-13-27-14-12-26)24-20(25-23)10-8-17-5-3-2-4-6-17/h2-6,16H,7-15H2,1H3/t16-/m0/s1. The molecule has 1 fully saturated rings. The Morgan fingerprint density at radius 1 is 1.11 bits per heavy atom. The molecular formula is C23H27N3OS. The van der Waals surface area contributed by atoms with Crippen molar-refractivity contribution in [2.45, 2.75) is 39.0 Å². The van der Waals surface area contributed by atoms with Gasteiger partial charge in [0.25, 0.3) is 0 Å². The average molecular weight is 394 g/mol. The van der Waals surface area contributed by atoms with Crippen LogP contribution in [0.3, 0.4) is 0 Å². The number of aromatic nitrogens is 2. The molecule has 5 rings (SSSR count). The first-order valence-corrected chi connectivity index (χ1v) is 11.3. The molecule has 1 saturated heterocycles. The third-order valence-electron chi connectivity index (χ3n) is 5.97. The van der Waals surface area contributed by atoms with E-state index in [4.69, 9.17) is 14.7 Å². The number of aryl methyl sites for hydroxylation is 3. The summed E-state index contributed by atoms with van der Waals surface area (Å²) in [7, 11) is 0. The molecule has 0 spiro atoms. The van der Waals surface area contributed by atoms with Crippen LogP contribution in [0.15, 0.2) is 30.3 Å². The maximum absolute atomic E-state index is 5.59. The van der Waals surface area contributed by atoms with Gasteiger partial charge in [0.05, 0.1) is 18.6 Å². The Morgan fingerprint density at radius 3 is 2.75 bits per heavy atom. The summed E-state index contributed by atoms with van der Waals surface area (Å²) < 4.78 is 5.59. The number of hydrogen-bond donors (Lipinski definition) is 0. The van der Waals surface area contributed by atoms with Gasteiger partial charge in [0.1, 0.15) is 16.5 Å². The Hall–Kier alpha value is -1.98. The largest absolute Gasteiger partial charge is 0.378 e. The Bertz CT molecular complexity index is 963. The summed E-state index contributed by atoms with van der Waals surface area (Å²) in [6, 6.07) is 10.7. The Morgan fingerprint density at radius 2 is 1.93 bits per heavy atom. The Balaban J connectivity index is 1.54. The summed E-state index contributed by atoms with van der Waals surface area (Å²) in [4.78, 5) is 15.3. The quantitative estimate of drug-likeness (QED) is 0.657. The molecule has 1 aliphatic carbocycles. The average Bonchev–Trinajstić information content (AvgIpc) is 3.10. The molecule has 3 aromatic rings. The molecule has 1 aliphatic heterocycles. The van der Waals surface area contributed by atoms with Crippen molar-refractivity contribution in [3.63, 3.8) is 0 Å². The van der Waals surface area contributed by atoms with Crippen LogP contribution in [-0.2, 0) is 30.4 Å². The van der Waals surface area contributed by atoms with E-state index in [9.17, 15) is 0 Å². The van der Waals surface area contributed by atoms with Crippen LogP contribution in [0.4, 0.5) is 5.82 Å². The zero-order valence-corrected chi connectivity index (χ0v) is 17.3. The van der Waals surface area contributed by atoms with Gasteiger partial charge in [-0.15, -0.1) is 11.3 Å². The van der Waals surface area contributed by atoms with Crippen LogP contribution < -0.4 is 4.90 Å². The third-order valence-corrected chi connectivity index (χ3v) is 7.12. The van der Waals surface area contributed by atoms with Crippen LogP contribution in [0.2, 0.25) is 0 Å². The van der Waals surface area contributed by atoms with Gasteiger partial charge >= 0.3 is 0 Å². The van der Waals surface area contributed by atoms with E-state index in [1.165, 1.54) is 45.5 Å². The highest BCUT2D eigenvalue weighted by atomic mass is 32.1. The fraction of sp³-hybridized carbons (Fsp3) is 0.478. The molecule has 0 bridgehead atoms. The molecular weight excluding hydrogens is 366 g/mol. The first-order chi connectivity index (χ1) is 13.8. The second-order valence-corrected chi connectivity index (χ2v) is 9.16. The lowest BCUT2D eigenvalue weighted by Gasteiger charge is -2.29. The lowest BCUT2D eigenvalue weighted by molar-refractivity contribution is 0.122. The second kappa shape index (κ2) is 7.80. The van der Waals surface area contributed by atoms with E-state index >= 15 is 0 Å². The van der Waals surface area contributed by atoms with Gasteiger partial charge in [-0.25, -0.2) is 9.97 Å².